The number of piperazine rings is 1. The van der Waals surface area contributed by atoms with Crippen LogP contribution in [-0.4, -0.2) is 37.6 Å². The molecular formula is C14H16N2O4. The Balaban J connectivity index is 1.84. The Morgan fingerprint density at radius 1 is 1.20 bits per heavy atom. The lowest BCUT2D eigenvalue weighted by molar-refractivity contribution is -0.134. The minimum atomic E-state index is -0.557. The van der Waals surface area contributed by atoms with Gasteiger partial charge in [0.05, 0.1) is 6.54 Å². The molecule has 20 heavy (non-hydrogen) atoms. The van der Waals surface area contributed by atoms with Crippen LogP contribution in [0, 0.1) is 0 Å². The van der Waals surface area contributed by atoms with Gasteiger partial charge in [-0.05, 0) is 17.7 Å². The highest BCUT2D eigenvalue weighted by atomic mass is 16.6. The van der Waals surface area contributed by atoms with Crippen molar-refractivity contribution in [2.24, 2.45) is 0 Å². The number of rotatable bonds is 2. The lowest BCUT2D eigenvalue weighted by atomic mass is 9.91. The van der Waals surface area contributed by atoms with E-state index in [2.05, 4.69) is 10.6 Å². The van der Waals surface area contributed by atoms with E-state index in [4.69, 9.17) is 9.47 Å². The lowest BCUT2D eigenvalue weighted by Gasteiger charge is -2.29. The van der Waals surface area contributed by atoms with Gasteiger partial charge in [-0.25, -0.2) is 0 Å². The van der Waals surface area contributed by atoms with Crippen molar-refractivity contribution in [2.75, 3.05) is 19.8 Å². The molecule has 2 amide bonds. The number of hydrogen-bond acceptors (Lipinski definition) is 4. The molecule has 1 fully saturated rings. The first-order valence-electron chi connectivity index (χ1n) is 6.62. The zero-order chi connectivity index (χ0) is 14.1. The minimum absolute atomic E-state index is 0.0448. The third-order valence-electron chi connectivity index (χ3n) is 3.61. The monoisotopic (exact) mass is 276 g/mol. The standard InChI is InChI=1S/C14H16N2O4/c1-8(13-14(18)15-7-12(17)16-13)9-2-3-10-11(6-9)20-5-4-19-10/h2-3,6,8,13H,4-5,7H2,1H3,(H,15,18)(H,16,17). The van der Waals surface area contributed by atoms with Crippen molar-refractivity contribution < 1.29 is 19.1 Å². The molecule has 2 atom stereocenters. The Morgan fingerprint density at radius 2 is 1.95 bits per heavy atom. The predicted octanol–water partition coefficient (Wildman–Crippen LogP) is 0.176. The van der Waals surface area contributed by atoms with E-state index < -0.39 is 6.04 Å². The van der Waals surface area contributed by atoms with E-state index >= 15 is 0 Å². The van der Waals surface area contributed by atoms with E-state index in [0.29, 0.717) is 24.7 Å². The van der Waals surface area contributed by atoms with Gasteiger partial charge in [0.25, 0.3) is 0 Å². The van der Waals surface area contributed by atoms with Gasteiger partial charge in [0, 0.05) is 5.92 Å². The molecule has 0 aliphatic carbocycles. The topological polar surface area (TPSA) is 76.7 Å². The molecule has 0 saturated carbocycles. The van der Waals surface area contributed by atoms with Gasteiger partial charge in [-0.1, -0.05) is 13.0 Å². The van der Waals surface area contributed by atoms with Crippen LogP contribution in [0.5, 0.6) is 11.5 Å². The average Bonchev–Trinajstić information content (AvgIpc) is 2.48. The van der Waals surface area contributed by atoms with Gasteiger partial charge in [0.1, 0.15) is 19.3 Å². The van der Waals surface area contributed by atoms with Crippen LogP contribution in [0.1, 0.15) is 18.4 Å². The largest absolute Gasteiger partial charge is 0.486 e. The second-order valence-electron chi connectivity index (χ2n) is 4.95. The first-order valence-corrected chi connectivity index (χ1v) is 6.62. The smallest absolute Gasteiger partial charge is 0.243 e. The average molecular weight is 276 g/mol. The van der Waals surface area contributed by atoms with Crippen LogP contribution in [0.25, 0.3) is 0 Å². The fourth-order valence-electron chi connectivity index (χ4n) is 2.46. The normalized spacial score (nSPS) is 22.8. The maximum absolute atomic E-state index is 11.9. The molecule has 1 aromatic carbocycles. The lowest BCUT2D eigenvalue weighted by Crippen LogP contribution is -2.57. The molecule has 1 aromatic rings. The van der Waals surface area contributed by atoms with Crippen LogP contribution in [-0.2, 0) is 9.59 Å². The molecule has 0 aromatic heterocycles. The molecule has 106 valence electrons. The molecule has 0 bridgehead atoms. The van der Waals surface area contributed by atoms with Gasteiger partial charge >= 0.3 is 0 Å². The minimum Gasteiger partial charge on any atom is -0.486 e. The maximum atomic E-state index is 11.9. The summed E-state index contributed by atoms with van der Waals surface area (Å²) in [6.07, 6.45) is 0. The highest BCUT2D eigenvalue weighted by Gasteiger charge is 2.32. The predicted molar refractivity (Wildman–Crippen MR) is 70.8 cm³/mol. The summed E-state index contributed by atoms with van der Waals surface area (Å²) in [5, 5.41) is 5.31. The quantitative estimate of drug-likeness (QED) is 0.807. The number of ether oxygens (including phenoxy) is 2. The molecule has 2 unspecified atom stereocenters. The zero-order valence-electron chi connectivity index (χ0n) is 11.1. The van der Waals surface area contributed by atoms with Crippen molar-refractivity contribution in [3.8, 4) is 11.5 Å². The van der Waals surface area contributed by atoms with E-state index in [9.17, 15) is 9.59 Å². The number of carbonyl (C=O) groups excluding carboxylic acids is 2. The van der Waals surface area contributed by atoms with Crippen molar-refractivity contribution in [1.82, 2.24) is 10.6 Å². The van der Waals surface area contributed by atoms with Crippen LogP contribution >= 0.6 is 0 Å². The number of benzene rings is 1. The second-order valence-corrected chi connectivity index (χ2v) is 4.95. The molecule has 0 spiro atoms. The highest BCUT2D eigenvalue weighted by Crippen LogP contribution is 2.34. The maximum Gasteiger partial charge on any atom is 0.243 e. The highest BCUT2D eigenvalue weighted by molar-refractivity contribution is 5.95. The molecule has 2 aliphatic rings. The summed E-state index contributed by atoms with van der Waals surface area (Å²) < 4.78 is 11.0. The van der Waals surface area contributed by atoms with E-state index in [1.54, 1.807) is 0 Å². The van der Waals surface area contributed by atoms with Gasteiger partial charge in [-0.3, -0.25) is 9.59 Å². The Bertz CT molecular complexity index is 558. The van der Waals surface area contributed by atoms with E-state index in [-0.39, 0.29) is 24.3 Å². The number of fused-ring (bicyclic) bond motifs is 1. The van der Waals surface area contributed by atoms with Gasteiger partial charge < -0.3 is 20.1 Å². The summed E-state index contributed by atoms with van der Waals surface area (Å²) in [5.41, 5.74) is 0.927. The van der Waals surface area contributed by atoms with Crippen LogP contribution in [0.2, 0.25) is 0 Å². The van der Waals surface area contributed by atoms with E-state index in [0.717, 1.165) is 5.56 Å². The molecule has 3 rings (SSSR count). The Labute approximate surface area is 116 Å². The summed E-state index contributed by atoms with van der Waals surface area (Å²) in [5.74, 6) is 0.925. The van der Waals surface area contributed by atoms with Crippen molar-refractivity contribution in [3.63, 3.8) is 0 Å². The van der Waals surface area contributed by atoms with Gasteiger partial charge in [0.2, 0.25) is 11.8 Å². The molecule has 2 N–H and O–H groups in total. The molecule has 1 saturated heterocycles. The Morgan fingerprint density at radius 3 is 2.75 bits per heavy atom. The van der Waals surface area contributed by atoms with E-state index in [1.807, 2.05) is 25.1 Å². The first-order chi connectivity index (χ1) is 9.65. The first kappa shape index (κ1) is 12.8. The summed E-state index contributed by atoms with van der Waals surface area (Å²) in [4.78, 5) is 23.3. The van der Waals surface area contributed by atoms with Crippen LogP contribution in [0.3, 0.4) is 0 Å². The number of amides is 2. The van der Waals surface area contributed by atoms with E-state index in [1.165, 1.54) is 0 Å². The number of nitrogens with one attached hydrogen (secondary N) is 2. The SMILES string of the molecule is CC(c1ccc2c(c1)OCCO2)C1NC(=O)CNC1=O. The van der Waals surface area contributed by atoms with Crippen LogP contribution < -0.4 is 20.1 Å². The summed E-state index contributed by atoms with van der Waals surface area (Å²) in [7, 11) is 0. The number of hydrogen-bond donors (Lipinski definition) is 2. The van der Waals surface area contributed by atoms with Crippen molar-refractivity contribution >= 4 is 11.8 Å². The van der Waals surface area contributed by atoms with Crippen molar-refractivity contribution in [2.45, 2.75) is 18.9 Å². The Hall–Kier alpha value is -2.24. The van der Waals surface area contributed by atoms with Gasteiger partial charge in [-0.2, -0.15) is 0 Å². The third kappa shape index (κ3) is 2.29. The fourth-order valence-corrected chi connectivity index (χ4v) is 2.46. The molecule has 6 nitrogen and oxygen atoms in total. The van der Waals surface area contributed by atoms with Crippen molar-refractivity contribution in [1.29, 1.82) is 0 Å². The molecular weight excluding hydrogens is 260 g/mol. The van der Waals surface area contributed by atoms with Gasteiger partial charge in [0.15, 0.2) is 11.5 Å². The number of carbonyl (C=O) groups is 2. The van der Waals surface area contributed by atoms with Crippen LogP contribution in [0.15, 0.2) is 18.2 Å². The summed E-state index contributed by atoms with van der Waals surface area (Å²) in [6.45, 7) is 3.01. The molecule has 0 radical (unpaired) electrons. The second kappa shape index (κ2) is 5.03. The Kier molecular flexibility index (Phi) is 3.22. The van der Waals surface area contributed by atoms with Crippen molar-refractivity contribution in [3.05, 3.63) is 23.8 Å². The van der Waals surface area contributed by atoms with Gasteiger partial charge in [-0.15, -0.1) is 0 Å². The fraction of sp³-hybridized carbons (Fsp3) is 0.429. The summed E-state index contributed by atoms with van der Waals surface area (Å²) in [6, 6.07) is 5.04. The molecule has 2 aliphatic heterocycles. The zero-order valence-corrected chi connectivity index (χ0v) is 11.1. The van der Waals surface area contributed by atoms with Crippen LogP contribution in [0.4, 0.5) is 0 Å². The molecule has 2 heterocycles. The third-order valence-corrected chi connectivity index (χ3v) is 3.61. The summed E-state index contributed by atoms with van der Waals surface area (Å²) >= 11 is 0. The molecule has 6 heteroatoms.